The van der Waals surface area contributed by atoms with Crippen LogP contribution in [0.3, 0.4) is 0 Å². The Balaban J connectivity index is 2.39. The summed E-state index contributed by atoms with van der Waals surface area (Å²) in [7, 11) is 3.29. The number of benzene rings is 1. The molecule has 1 atom stereocenters. The maximum absolute atomic E-state index is 6.13. The summed E-state index contributed by atoms with van der Waals surface area (Å²) in [6.45, 7) is 3.29. The van der Waals surface area contributed by atoms with Crippen molar-refractivity contribution < 1.29 is 13.9 Å². The monoisotopic (exact) mass is 309 g/mol. The summed E-state index contributed by atoms with van der Waals surface area (Å²) < 4.78 is 16.4. The van der Waals surface area contributed by atoms with Gasteiger partial charge in [-0.3, -0.25) is 0 Å². The Morgan fingerprint density at radius 2 is 2.05 bits per heavy atom. The average molecular weight is 310 g/mol. The van der Waals surface area contributed by atoms with E-state index in [-0.39, 0.29) is 6.04 Å². The largest absolute Gasteiger partial charge is 0.496 e. The first-order valence-corrected chi connectivity index (χ1v) is 7.21. The lowest BCUT2D eigenvalue weighted by molar-refractivity contribution is 0.162. The van der Waals surface area contributed by atoms with Gasteiger partial charge in [0.05, 0.1) is 13.2 Å². The van der Waals surface area contributed by atoms with Gasteiger partial charge in [0, 0.05) is 17.7 Å². The van der Waals surface area contributed by atoms with Crippen LogP contribution in [-0.4, -0.2) is 20.8 Å². The van der Waals surface area contributed by atoms with Gasteiger partial charge in [-0.15, -0.1) is 0 Å². The number of halogens is 1. The molecule has 1 N–H and O–H groups in total. The van der Waals surface area contributed by atoms with Gasteiger partial charge in [0.2, 0.25) is 0 Å². The highest BCUT2D eigenvalue weighted by atomic mass is 35.5. The zero-order chi connectivity index (χ0) is 15.2. The Labute approximate surface area is 130 Å². The Morgan fingerprint density at radius 3 is 2.71 bits per heavy atom. The Morgan fingerprint density at radius 1 is 1.24 bits per heavy atom. The van der Waals surface area contributed by atoms with Gasteiger partial charge in [-0.1, -0.05) is 18.5 Å². The zero-order valence-corrected chi connectivity index (χ0v) is 13.2. The molecule has 1 aromatic heterocycles. The zero-order valence-electron chi connectivity index (χ0n) is 12.5. The molecule has 5 heteroatoms. The van der Waals surface area contributed by atoms with Crippen LogP contribution >= 0.6 is 11.6 Å². The molecule has 0 saturated carbocycles. The normalized spacial score (nSPS) is 12.4. The molecule has 2 rings (SSSR count). The van der Waals surface area contributed by atoms with Crippen LogP contribution in [0.15, 0.2) is 34.7 Å². The second-order valence-corrected chi connectivity index (χ2v) is 5.05. The van der Waals surface area contributed by atoms with Gasteiger partial charge in [-0.05, 0) is 36.9 Å². The van der Waals surface area contributed by atoms with Crippen LogP contribution in [-0.2, 0) is 11.3 Å². The smallest absolute Gasteiger partial charge is 0.129 e. The van der Waals surface area contributed by atoms with Gasteiger partial charge in [-0.25, -0.2) is 0 Å². The van der Waals surface area contributed by atoms with Crippen LogP contribution < -0.4 is 10.1 Å². The van der Waals surface area contributed by atoms with E-state index in [1.54, 1.807) is 14.2 Å². The number of rotatable bonds is 7. The molecule has 0 bridgehead atoms. The fourth-order valence-electron chi connectivity index (χ4n) is 2.27. The molecule has 0 aliphatic heterocycles. The lowest BCUT2D eigenvalue weighted by Gasteiger charge is -2.19. The molecule has 0 aliphatic carbocycles. The second-order valence-electron chi connectivity index (χ2n) is 4.61. The first kappa shape index (κ1) is 15.9. The molecule has 1 unspecified atom stereocenters. The van der Waals surface area contributed by atoms with E-state index < -0.39 is 0 Å². The summed E-state index contributed by atoms with van der Waals surface area (Å²) in [5.74, 6) is 2.37. The van der Waals surface area contributed by atoms with Crippen LogP contribution in [0.1, 0.15) is 30.0 Å². The van der Waals surface area contributed by atoms with Crippen molar-refractivity contribution in [2.45, 2.75) is 19.6 Å². The summed E-state index contributed by atoms with van der Waals surface area (Å²) >= 11 is 6.13. The van der Waals surface area contributed by atoms with Crippen LogP contribution in [0.2, 0.25) is 5.02 Å². The summed E-state index contributed by atoms with van der Waals surface area (Å²) in [6, 6.07) is 9.31. The first-order valence-electron chi connectivity index (χ1n) is 6.84. The molecule has 0 fully saturated rings. The van der Waals surface area contributed by atoms with Crippen molar-refractivity contribution in [1.82, 2.24) is 5.32 Å². The molecule has 0 amide bonds. The molecule has 2 aromatic rings. The molecule has 114 valence electrons. The van der Waals surface area contributed by atoms with Crippen molar-refractivity contribution in [1.29, 1.82) is 0 Å². The molecule has 1 aromatic carbocycles. The molecule has 0 saturated heterocycles. The van der Waals surface area contributed by atoms with Crippen LogP contribution in [0.4, 0.5) is 0 Å². The van der Waals surface area contributed by atoms with Gasteiger partial charge in [0.25, 0.3) is 0 Å². The lowest BCUT2D eigenvalue weighted by Crippen LogP contribution is -2.22. The van der Waals surface area contributed by atoms with E-state index in [2.05, 4.69) is 5.32 Å². The predicted molar refractivity (Wildman–Crippen MR) is 82.9 cm³/mol. The fraction of sp³-hybridized carbons (Fsp3) is 0.375. The molecular weight excluding hydrogens is 290 g/mol. The summed E-state index contributed by atoms with van der Waals surface area (Å²) in [5, 5.41) is 4.06. The number of hydrogen-bond acceptors (Lipinski definition) is 4. The van der Waals surface area contributed by atoms with Gasteiger partial charge in [-0.2, -0.15) is 0 Å². The van der Waals surface area contributed by atoms with Crippen molar-refractivity contribution in [3.63, 3.8) is 0 Å². The Bertz CT molecular complexity index is 583. The number of furan rings is 1. The standard InChI is InChI=1S/C16H20ClNO3/c1-4-18-16(15-8-6-12(21-15)10-19-2)13-9-11(17)5-7-14(13)20-3/h5-9,16,18H,4,10H2,1-3H3. The SMILES string of the molecule is CCNC(c1ccc(COC)o1)c1cc(Cl)ccc1OC. The Kier molecular flexibility index (Phi) is 5.67. The third-order valence-corrected chi connectivity index (χ3v) is 3.40. The first-order chi connectivity index (χ1) is 10.2. The summed E-state index contributed by atoms with van der Waals surface area (Å²) in [6.07, 6.45) is 0. The predicted octanol–water partition coefficient (Wildman–Crippen LogP) is 3.79. The van der Waals surface area contributed by atoms with E-state index in [1.807, 2.05) is 37.3 Å². The number of hydrogen-bond donors (Lipinski definition) is 1. The summed E-state index contributed by atoms with van der Waals surface area (Å²) in [4.78, 5) is 0. The highest BCUT2D eigenvalue weighted by Gasteiger charge is 2.21. The van der Waals surface area contributed by atoms with E-state index in [9.17, 15) is 0 Å². The van der Waals surface area contributed by atoms with E-state index in [0.29, 0.717) is 11.6 Å². The third kappa shape index (κ3) is 3.79. The maximum Gasteiger partial charge on any atom is 0.129 e. The van der Waals surface area contributed by atoms with Gasteiger partial charge >= 0.3 is 0 Å². The van der Waals surface area contributed by atoms with Gasteiger partial charge < -0.3 is 19.2 Å². The molecule has 4 nitrogen and oxygen atoms in total. The van der Waals surface area contributed by atoms with Crippen molar-refractivity contribution in [3.8, 4) is 5.75 Å². The molecule has 0 radical (unpaired) electrons. The number of nitrogens with one attached hydrogen (secondary N) is 1. The van der Waals surface area contributed by atoms with Crippen LogP contribution in [0, 0.1) is 0 Å². The molecule has 0 spiro atoms. The molecule has 1 heterocycles. The van der Waals surface area contributed by atoms with E-state index in [0.717, 1.165) is 29.4 Å². The minimum atomic E-state index is -0.116. The van der Waals surface area contributed by atoms with Crippen molar-refractivity contribution in [2.24, 2.45) is 0 Å². The van der Waals surface area contributed by atoms with Gasteiger partial charge in [0.1, 0.15) is 23.9 Å². The minimum Gasteiger partial charge on any atom is -0.496 e. The van der Waals surface area contributed by atoms with Gasteiger partial charge in [0.15, 0.2) is 0 Å². The fourth-order valence-corrected chi connectivity index (χ4v) is 2.45. The second kappa shape index (κ2) is 7.50. The van der Waals surface area contributed by atoms with E-state index in [4.69, 9.17) is 25.5 Å². The van der Waals surface area contributed by atoms with Crippen LogP contribution in [0.5, 0.6) is 5.75 Å². The lowest BCUT2D eigenvalue weighted by atomic mass is 10.0. The highest BCUT2D eigenvalue weighted by Crippen LogP contribution is 2.33. The molecule has 21 heavy (non-hydrogen) atoms. The average Bonchev–Trinajstić information content (AvgIpc) is 2.93. The molecule has 0 aliphatic rings. The topological polar surface area (TPSA) is 43.6 Å². The number of methoxy groups -OCH3 is 2. The van der Waals surface area contributed by atoms with E-state index in [1.165, 1.54) is 0 Å². The Hall–Kier alpha value is -1.49. The van der Waals surface area contributed by atoms with Crippen molar-refractivity contribution in [2.75, 3.05) is 20.8 Å². The maximum atomic E-state index is 6.13. The van der Waals surface area contributed by atoms with Crippen molar-refractivity contribution in [3.05, 3.63) is 52.4 Å². The third-order valence-electron chi connectivity index (χ3n) is 3.16. The molecular formula is C16H20ClNO3. The minimum absolute atomic E-state index is 0.116. The van der Waals surface area contributed by atoms with Crippen molar-refractivity contribution >= 4 is 11.6 Å². The summed E-state index contributed by atoms with van der Waals surface area (Å²) in [5.41, 5.74) is 0.949. The van der Waals surface area contributed by atoms with E-state index >= 15 is 0 Å². The quantitative estimate of drug-likeness (QED) is 0.845. The highest BCUT2D eigenvalue weighted by molar-refractivity contribution is 6.30. The number of ether oxygens (including phenoxy) is 2. The van der Waals surface area contributed by atoms with Crippen LogP contribution in [0.25, 0.3) is 0 Å².